The Kier molecular flexibility index (Phi) is 7.43. The Labute approximate surface area is 180 Å². The predicted molar refractivity (Wildman–Crippen MR) is 113 cm³/mol. The number of hydrogen-bond acceptors (Lipinski definition) is 5. The highest BCUT2D eigenvalue weighted by atomic mass is 16.5. The third-order valence-electron chi connectivity index (χ3n) is 4.78. The van der Waals surface area contributed by atoms with Crippen LogP contribution in [0.25, 0.3) is 0 Å². The number of hydrazine groups is 1. The van der Waals surface area contributed by atoms with Gasteiger partial charge in [-0.2, -0.15) is 5.26 Å². The fraction of sp³-hybridized carbons (Fsp3) is 0.273. The van der Waals surface area contributed by atoms with Crippen LogP contribution in [0.2, 0.25) is 0 Å². The van der Waals surface area contributed by atoms with Crippen LogP contribution in [0.3, 0.4) is 0 Å². The van der Waals surface area contributed by atoms with Gasteiger partial charge in [-0.25, -0.2) is 4.79 Å². The topological polar surface area (TPSA) is 124 Å². The van der Waals surface area contributed by atoms with Gasteiger partial charge in [-0.1, -0.05) is 18.2 Å². The van der Waals surface area contributed by atoms with Crippen LogP contribution in [0.4, 0.5) is 10.5 Å². The zero-order valence-electron chi connectivity index (χ0n) is 16.8. The monoisotopic (exact) mass is 421 g/mol. The standard InChI is InChI=1S/C22H23N5O4/c23-13-16-8-10-19(11-9-16)31-15-20(28)25-26-21(29)17-5-4-12-27(14-17)22(30)24-18-6-2-1-3-7-18/h1-3,6-11,17H,4-5,12,14-15H2,(H,24,30)(H,25,28)(H,26,29)/t17-/m0/s1. The third-order valence-corrected chi connectivity index (χ3v) is 4.78. The van der Waals surface area contributed by atoms with E-state index in [1.165, 1.54) is 0 Å². The summed E-state index contributed by atoms with van der Waals surface area (Å²) in [5.41, 5.74) is 5.89. The van der Waals surface area contributed by atoms with Crippen molar-refractivity contribution in [2.75, 3.05) is 25.0 Å². The molecule has 4 amide bonds. The number of rotatable bonds is 5. The van der Waals surface area contributed by atoms with E-state index in [4.69, 9.17) is 10.00 Å². The van der Waals surface area contributed by atoms with Crippen LogP contribution in [0.15, 0.2) is 54.6 Å². The van der Waals surface area contributed by atoms with Gasteiger partial charge in [-0.15, -0.1) is 0 Å². The lowest BCUT2D eigenvalue weighted by Crippen LogP contribution is -2.51. The Morgan fingerprint density at radius 3 is 2.52 bits per heavy atom. The summed E-state index contributed by atoms with van der Waals surface area (Å²) in [5.74, 6) is -0.862. The summed E-state index contributed by atoms with van der Waals surface area (Å²) in [6, 6.07) is 17.2. The maximum Gasteiger partial charge on any atom is 0.321 e. The van der Waals surface area contributed by atoms with E-state index < -0.39 is 11.8 Å². The van der Waals surface area contributed by atoms with Gasteiger partial charge in [0.05, 0.1) is 17.6 Å². The molecule has 9 heteroatoms. The van der Waals surface area contributed by atoms with Gasteiger partial charge < -0.3 is 15.0 Å². The Hall–Kier alpha value is -4.06. The maximum absolute atomic E-state index is 12.4. The summed E-state index contributed by atoms with van der Waals surface area (Å²) in [6.07, 6.45) is 1.31. The number of anilines is 1. The van der Waals surface area contributed by atoms with Gasteiger partial charge in [0.15, 0.2) is 6.61 Å². The van der Waals surface area contributed by atoms with Gasteiger partial charge >= 0.3 is 6.03 Å². The van der Waals surface area contributed by atoms with E-state index in [1.54, 1.807) is 41.3 Å². The van der Waals surface area contributed by atoms with Crippen molar-refractivity contribution in [1.82, 2.24) is 15.8 Å². The highest BCUT2D eigenvalue weighted by Crippen LogP contribution is 2.18. The first-order valence-electron chi connectivity index (χ1n) is 9.88. The summed E-state index contributed by atoms with van der Waals surface area (Å²) >= 11 is 0. The average Bonchev–Trinajstić information content (AvgIpc) is 2.82. The minimum atomic E-state index is -0.521. The molecule has 0 saturated carbocycles. The van der Waals surface area contributed by atoms with Crippen LogP contribution < -0.4 is 20.9 Å². The van der Waals surface area contributed by atoms with E-state index in [2.05, 4.69) is 16.2 Å². The van der Waals surface area contributed by atoms with Gasteiger partial charge in [0, 0.05) is 18.8 Å². The van der Waals surface area contributed by atoms with Crippen LogP contribution in [0.5, 0.6) is 5.75 Å². The van der Waals surface area contributed by atoms with Crippen molar-refractivity contribution < 1.29 is 19.1 Å². The molecule has 3 N–H and O–H groups in total. The van der Waals surface area contributed by atoms with Crippen LogP contribution in [0, 0.1) is 17.2 Å². The molecule has 0 bridgehead atoms. The number of hydrogen-bond donors (Lipinski definition) is 3. The van der Waals surface area contributed by atoms with Crippen molar-refractivity contribution in [3.8, 4) is 11.8 Å². The quantitative estimate of drug-likeness (QED) is 0.638. The fourth-order valence-electron chi connectivity index (χ4n) is 3.14. The lowest BCUT2D eigenvalue weighted by Gasteiger charge is -2.32. The van der Waals surface area contributed by atoms with Crippen molar-refractivity contribution in [3.05, 3.63) is 60.2 Å². The Bertz CT molecular complexity index is 956. The van der Waals surface area contributed by atoms with E-state index in [-0.39, 0.29) is 25.1 Å². The first-order chi connectivity index (χ1) is 15.0. The lowest BCUT2D eigenvalue weighted by atomic mass is 9.98. The van der Waals surface area contributed by atoms with E-state index in [0.29, 0.717) is 36.4 Å². The molecule has 3 rings (SSSR count). The molecule has 2 aromatic carbocycles. The van der Waals surface area contributed by atoms with Gasteiger partial charge in [0.1, 0.15) is 5.75 Å². The molecule has 1 fully saturated rings. The van der Waals surface area contributed by atoms with Crippen molar-refractivity contribution in [2.24, 2.45) is 5.92 Å². The number of nitrogens with zero attached hydrogens (tertiary/aromatic N) is 2. The number of carbonyl (C=O) groups is 3. The molecule has 1 atom stereocenters. The van der Waals surface area contributed by atoms with Crippen molar-refractivity contribution >= 4 is 23.5 Å². The summed E-state index contributed by atoms with van der Waals surface area (Å²) in [5, 5.41) is 11.6. The van der Waals surface area contributed by atoms with Gasteiger partial charge in [-0.05, 0) is 49.2 Å². The molecule has 2 aromatic rings. The molecule has 1 heterocycles. The number of urea groups is 1. The number of ether oxygens (including phenoxy) is 1. The van der Waals surface area contributed by atoms with Crippen LogP contribution in [-0.4, -0.2) is 42.4 Å². The Morgan fingerprint density at radius 1 is 1.06 bits per heavy atom. The zero-order chi connectivity index (χ0) is 22.1. The first-order valence-corrected chi connectivity index (χ1v) is 9.88. The second-order valence-corrected chi connectivity index (χ2v) is 7.04. The van der Waals surface area contributed by atoms with E-state index in [1.807, 2.05) is 24.3 Å². The second-order valence-electron chi connectivity index (χ2n) is 7.04. The van der Waals surface area contributed by atoms with Crippen LogP contribution >= 0.6 is 0 Å². The smallest absolute Gasteiger partial charge is 0.321 e. The minimum absolute atomic E-state index is 0.261. The highest BCUT2D eigenvalue weighted by molar-refractivity contribution is 5.90. The van der Waals surface area contributed by atoms with E-state index in [9.17, 15) is 14.4 Å². The van der Waals surface area contributed by atoms with Gasteiger partial charge in [0.2, 0.25) is 5.91 Å². The number of para-hydroxylation sites is 1. The molecule has 1 saturated heterocycles. The Balaban J connectivity index is 1.41. The molecule has 0 aliphatic carbocycles. The van der Waals surface area contributed by atoms with Crippen molar-refractivity contribution in [3.63, 3.8) is 0 Å². The summed E-state index contributed by atoms with van der Waals surface area (Å²) in [6.45, 7) is 0.539. The first kappa shape index (κ1) is 21.6. The number of nitriles is 1. The van der Waals surface area contributed by atoms with Gasteiger partial charge in [-0.3, -0.25) is 20.4 Å². The molecule has 0 aromatic heterocycles. The number of amides is 4. The zero-order valence-corrected chi connectivity index (χ0v) is 16.8. The van der Waals surface area contributed by atoms with Crippen molar-refractivity contribution in [1.29, 1.82) is 5.26 Å². The molecule has 1 aliphatic rings. The molecule has 0 radical (unpaired) electrons. The Morgan fingerprint density at radius 2 is 1.81 bits per heavy atom. The number of likely N-dealkylation sites (tertiary alicyclic amines) is 1. The minimum Gasteiger partial charge on any atom is -0.484 e. The maximum atomic E-state index is 12.4. The fourth-order valence-corrected chi connectivity index (χ4v) is 3.14. The molecule has 0 unspecified atom stereocenters. The van der Waals surface area contributed by atoms with Crippen molar-refractivity contribution in [2.45, 2.75) is 12.8 Å². The molecule has 1 aliphatic heterocycles. The van der Waals surface area contributed by atoms with E-state index in [0.717, 1.165) is 0 Å². The molecule has 31 heavy (non-hydrogen) atoms. The SMILES string of the molecule is N#Cc1ccc(OCC(=O)NNC(=O)[C@H]2CCCN(C(=O)Nc3ccccc3)C2)cc1. The third kappa shape index (κ3) is 6.47. The van der Waals surface area contributed by atoms with Crippen LogP contribution in [0.1, 0.15) is 18.4 Å². The second kappa shape index (κ2) is 10.6. The summed E-state index contributed by atoms with van der Waals surface area (Å²) in [7, 11) is 0. The van der Waals surface area contributed by atoms with E-state index >= 15 is 0 Å². The predicted octanol–water partition coefficient (Wildman–Crippen LogP) is 2.03. The molecule has 160 valence electrons. The van der Waals surface area contributed by atoms with Crippen LogP contribution in [-0.2, 0) is 9.59 Å². The van der Waals surface area contributed by atoms with Gasteiger partial charge in [0.25, 0.3) is 5.91 Å². The normalized spacial score (nSPS) is 15.3. The highest BCUT2D eigenvalue weighted by Gasteiger charge is 2.28. The lowest BCUT2D eigenvalue weighted by molar-refractivity contribution is -0.132. The summed E-state index contributed by atoms with van der Waals surface area (Å²) < 4.78 is 5.32. The number of carbonyl (C=O) groups excluding carboxylic acids is 3. The number of piperidine rings is 1. The molecule has 9 nitrogen and oxygen atoms in total. The molecular formula is C22H23N5O4. The molecular weight excluding hydrogens is 398 g/mol. The summed E-state index contributed by atoms with van der Waals surface area (Å²) in [4.78, 5) is 38.4. The number of benzene rings is 2. The number of nitrogens with one attached hydrogen (secondary N) is 3. The largest absolute Gasteiger partial charge is 0.484 e. The molecule has 0 spiro atoms. The average molecular weight is 421 g/mol.